The lowest BCUT2D eigenvalue weighted by Gasteiger charge is -2.39. The normalized spacial score (nSPS) is 16.1. The van der Waals surface area contributed by atoms with E-state index in [0.717, 1.165) is 12.1 Å². The van der Waals surface area contributed by atoms with Crippen molar-refractivity contribution in [3.63, 3.8) is 0 Å². The third kappa shape index (κ3) is 6.17. The Balaban J connectivity index is 1.11. The van der Waals surface area contributed by atoms with Crippen LogP contribution in [-0.4, -0.2) is 83.1 Å². The SMILES string of the molecule is O=c1c2sc(=S)n(-c3ccc(F)cc3)c2ncn1CCN1CCN(CC(O)(Cn2cncn2)c2ccc(F)cc2F)CC1. The zero-order valence-corrected chi connectivity index (χ0v) is 24.4. The van der Waals surface area contributed by atoms with Crippen molar-refractivity contribution in [1.82, 2.24) is 38.7 Å². The third-order valence-electron chi connectivity index (χ3n) is 7.58. The molecular formula is C28H27F3N8O2S2. The first kappa shape index (κ1) is 29.3. The van der Waals surface area contributed by atoms with Gasteiger partial charge in [0.05, 0.1) is 6.54 Å². The van der Waals surface area contributed by atoms with Gasteiger partial charge in [0.25, 0.3) is 5.56 Å². The average molecular weight is 629 g/mol. The molecule has 0 bridgehead atoms. The molecule has 1 atom stereocenters. The minimum absolute atomic E-state index is 0.00865. The van der Waals surface area contributed by atoms with Crippen molar-refractivity contribution >= 4 is 33.9 Å². The molecule has 0 spiro atoms. The second-order valence-corrected chi connectivity index (χ2v) is 12.1. The molecule has 10 nitrogen and oxygen atoms in total. The predicted molar refractivity (Wildman–Crippen MR) is 157 cm³/mol. The van der Waals surface area contributed by atoms with E-state index in [1.54, 1.807) is 21.3 Å². The average Bonchev–Trinajstić information content (AvgIpc) is 3.61. The lowest BCUT2D eigenvalue weighted by molar-refractivity contribution is -0.0320. The fraction of sp³-hybridized carbons (Fsp3) is 0.321. The second-order valence-electron chi connectivity index (χ2n) is 10.4. The number of nitrogens with zero attached hydrogens (tertiary/aromatic N) is 8. The molecule has 43 heavy (non-hydrogen) atoms. The lowest BCUT2D eigenvalue weighted by atomic mass is 9.92. The lowest BCUT2D eigenvalue weighted by Crippen LogP contribution is -2.52. The number of halogens is 3. The minimum atomic E-state index is -1.67. The van der Waals surface area contributed by atoms with E-state index in [1.807, 2.05) is 4.90 Å². The molecule has 1 saturated heterocycles. The molecule has 1 aliphatic rings. The van der Waals surface area contributed by atoms with Gasteiger partial charge in [-0.2, -0.15) is 5.10 Å². The van der Waals surface area contributed by atoms with Gasteiger partial charge in [0.15, 0.2) is 9.60 Å². The Kier molecular flexibility index (Phi) is 8.24. The molecule has 1 N–H and O–H groups in total. The maximum Gasteiger partial charge on any atom is 0.273 e. The number of benzene rings is 2. The van der Waals surface area contributed by atoms with Gasteiger partial charge in [0.2, 0.25) is 0 Å². The molecule has 0 radical (unpaired) electrons. The monoisotopic (exact) mass is 628 g/mol. The van der Waals surface area contributed by atoms with Gasteiger partial charge in [-0.15, -0.1) is 0 Å². The molecule has 3 aromatic heterocycles. The van der Waals surface area contributed by atoms with Gasteiger partial charge < -0.3 is 5.11 Å². The molecule has 2 aromatic carbocycles. The maximum absolute atomic E-state index is 14.8. The number of thiazole rings is 1. The van der Waals surface area contributed by atoms with Crippen LogP contribution in [0.25, 0.3) is 16.0 Å². The summed E-state index contributed by atoms with van der Waals surface area (Å²) in [5, 5.41) is 15.7. The molecule has 5 aromatic rings. The zero-order valence-electron chi connectivity index (χ0n) is 22.8. The molecule has 0 saturated carbocycles. The first-order valence-corrected chi connectivity index (χ1v) is 14.7. The largest absolute Gasteiger partial charge is 0.382 e. The third-order valence-corrected chi connectivity index (χ3v) is 8.93. The molecule has 0 aliphatic carbocycles. The Hall–Kier alpha value is -3.76. The number of aliphatic hydroxyl groups is 1. The summed E-state index contributed by atoms with van der Waals surface area (Å²) < 4.78 is 47.3. The first-order chi connectivity index (χ1) is 20.7. The van der Waals surface area contributed by atoms with Gasteiger partial charge in [-0.3, -0.25) is 23.7 Å². The van der Waals surface area contributed by atoms with E-state index in [4.69, 9.17) is 12.2 Å². The number of hydrogen-bond donors (Lipinski definition) is 1. The Morgan fingerprint density at radius 3 is 2.35 bits per heavy atom. The van der Waals surface area contributed by atoms with E-state index in [1.165, 1.54) is 53.2 Å². The van der Waals surface area contributed by atoms with E-state index in [-0.39, 0.29) is 30.0 Å². The van der Waals surface area contributed by atoms with Crippen molar-refractivity contribution in [2.75, 3.05) is 39.3 Å². The summed E-state index contributed by atoms with van der Waals surface area (Å²) in [6.07, 6.45) is 4.27. The number of fused-ring (bicyclic) bond motifs is 1. The van der Waals surface area contributed by atoms with E-state index in [2.05, 4.69) is 20.0 Å². The quantitative estimate of drug-likeness (QED) is 0.249. The highest BCUT2D eigenvalue weighted by atomic mass is 32.1. The highest BCUT2D eigenvalue weighted by Gasteiger charge is 2.36. The minimum Gasteiger partial charge on any atom is -0.382 e. The van der Waals surface area contributed by atoms with Crippen molar-refractivity contribution in [2.24, 2.45) is 0 Å². The number of aromatic nitrogens is 6. The van der Waals surface area contributed by atoms with Crippen LogP contribution in [-0.2, 0) is 18.7 Å². The van der Waals surface area contributed by atoms with E-state index in [9.17, 15) is 23.1 Å². The Labute approximate surface area is 252 Å². The Morgan fingerprint density at radius 1 is 0.930 bits per heavy atom. The topological polar surface area (TPSA) is 97.2 Å². The van der Waals surface area contributed by atoms with Crippen LogP contribution in [0.5, 0.6) is 0 Å². The van der Waals surface area contributed by atoms with E-state index >= 15 is 0 Å². The molecule has 1 aliphatic heterocycles. The van der Waals surface area contributed by atoms with Crippen molar-refractivity contribution in [3.8, 4) is 5.69 Å². The summed E-state index contributed by atoms with van der Waals surface area (Å²) in [5.41, 5.74) is -0.800. The molecule has 0 amide bonds. The molecule has 15 heteroatoms. The molecule has 1 fully saturated rings. The van der Waals surface area contributed by atoms with Gasteiger partial charge in [0.1, 0.15) is 46.7 Å². The fourth-order valence-corrected chi connectivity index (χ4v) is 6.71. The molecule has 1 unspecified atom stereocenters. The molecule has 6 rings (SSSR count). The van der Waals surface area contributed by atoms with Gasteiger partial charge in [-0.05, 0) is 42.5 Å². The highest BCUT2D eigenvalue weighted by Crippen LogP contribution is 2.28. The van der Waals surface area contributed by atoms with Crippen molar-refractivity contribution in [1.29, 1.82) is 0 Å². The molecular weight excluding hydrogens is 601 g/mol. The smallest absolute Gasteiger partial charge is 0.273 e. The summed E-state index contributed by atoms with van der Waals surface area (Å²) in [6, 6.07) is 9.02. The number of piperazine rings is 1. The van der Waals surface area contributed by atoms with E-state index in [0.29, 0.717) is 59.3 Å². The Bertz CT molecular complexity index is 1850. The van der Waals surface area contributed by atoms with Crippen LogP contribution in [0, 0.1) is 21.4 Å². The van der Waals surface area contributed by atoms with Gasteiger partial charge >= 0.3 is 0 Å². The first-order valence-electron chi connectivity index (χ1n) is 13.5. The van der Waals surface area contributed by atoms with Crippen LogP contribution < -0.4 is 5.56 Å². The second kappa shape index (κ2) is 12.1. The highest BCUT2D eigenvalue weighted by molar-refractivity contribution is 7.73. The fourth-order valence-electron chi connectivity index (χ4n) is 5.37. The Morgan fingerprint density at radius 2 is 1.65 bits per heavy atom. The zero-order chi connectivity index (χ0) is 30.1. The predicted octanol–water partition coefficient (Wildman–Crippen LogP) is 3.19. The summed E-state index contributed by atoms with van der Waals surface area (Å²) in [4.78, 5) is 25.9. The van der Waals surface area contributed by atoms with Crippen molar-refractivity contribution in [3.05, 3.63) is 98.8 Å². The summed E-state index contributed by atoms with van der Waals surface area (Å²) in [6.45, 7) is 3.59. The summed E-state index contributed by atoms with van der Waals surface area (Å²) >= 11 is 6.66. The standard InChI is InChI=1S/C28H27F3N8O2S2/c29-19-1-4-21(5-2-19)39-25-24(43-27(39)42)26(40)37(18-33-25)12-11-35-7-9-36(10-8-35)14-28(41,15-38-17-32-16-34-38)22-6-3-20(30)13-23(22)31/h1-6,13,16-18,41H,7-12,14-15H2. The summed E-state index contributed by atoms with van der Waals surface area (Å²) in [5.74, 6) is -1.91. The van der Waals surface area contributed by atoms with Crippen molar-refractivity contribution < 1.29 is 18.3 Å². The van der Waals surface area contributed by atoms with Gasteiger partial charge in [-0.1, -0.05) is 17.4 Å². The van der Waals surface area contributed by atoms with Gasteiger partial charge in [-0.25, -0.2) is 27.8 Å². The van der Waals surface area contributed by atoms with Crippen LogP contribution >= 0.6 is 23.6 Å². The van der Waals surface area contributed by atoms with Gasteiger partial charge in [0, 0.05) is 63.1 Å². The number of hydrogen-bond acceptors (Lipinski definition) is 9. The van der Waals surface area contributed by atoms with Crippen molar-refractivity contribution in [2.45, 2.75) is 18.7 Å². The van der Waals surface area contributed by atoms with Crippen LogP contribution in [0.2, 0.25) is 0 Å². The number of rotatable bonds is 9. The molecule has 224 valence electrons. The summed E-state index contributed by atoms with van der Waals surface area (Å²) in [7, 11) is 0. The molecule has 4 heterocycles. The van der Waals surface area contributed by atoms with E-state index < -0.39 is 17.2 Å². The number of β-amino-alcohol motifs (C(OH)–C–C–N with tert-alkyl or cyclic N) is 1. The maximum atomic E-state index is 14.8. The van der Waals surface area contributed by atoms with Crippen LogP contribution in [0.3, 0.4) is 0 Å². The van der Waals surface area contributed by atoms with Crippen LogP contribution in [0.4, 0.5) is 13.2 Å². The van der Waals surface area contributed by atoms with Crippen LogP contribution in [0.1, 0.15) is 5.56 Å². The van der Waals surface area contributed by atoms with Crippen LogP contribution in [0.15, 0.2) is 66.2 Å².